The van der Waals surface area contributed by atoms with Crippen molar-refractivity contribution in [3.8, 4) is 0 Å². The molecular weight excluding hydrogens is 406 g/mol. The van der Waals surface area contributed by atoms with Gasteiger partial charge in [-0.1, -0.05) is 6.92 Å². The smallest absolute Gasteiger partial charge is 0.335 e. The highest BCUT2D eigenvalue weighted by Gasteiger charge is 2.44. The number of carboxylic acids is 1. The quantitative estimate of drug-likeness (QED) is 0.776. The maximum absolute atomic E-state index is 13.8. The fourth-order valence-corrected chi connectivity index (χ4v) is 5.24. The lowest BCUT2D eigenvalue weighted by Crippen LogP contribution is -2.52. The summed E-state index contributed by atoms with van der Waals surface area (Å²) in [6.07, 6.45) is 1.84. The number of sulfone groups is 1. The number of aromatic nitrogens is 2. The van der Waals surface area contributed by atoms with Crippen molar-refractivity contribution in [3.05, 3.63) is 46.8 Å². The Morgan fingerprint density at radius 3 is 2.43 bits per heavy atom. The van der Waals surface area contributed by atoms with Crippen LogP contribution in [-0.2, 0) is 22.8 Å². The number of carbonyl (C=O) groups excluding carboxylic acids is 1. The van der Waals surface area contributed by atoms with Crippen molar-refractivity contribution in [1.82, 2.24) is 14.7 Å². The van der Waals surface area contributed by atoms with Gasteiger partial charge in [0.25, 0.3) is 5.91 Å². The Labute approximate surface area is 176 Å². The van der Waals surface area contributed by atoms with E-state index in [9.17, 15) is 23.1 Å². The first-order valence-corrected chi connectivity index (χ1v) is 11.6. The summed E-state index contributed by atoms with van der Waals surface area (Å²) in [5, 5.41) is 14.0. The van der Waals surface area contributed by atoms with Crippen LogP contribution in [0, 0.1) is 0 Å². The minimum Gasteiger partial charge on any atom is -0.478 e. The van der Waals surface area contributed by atoms with Crippen molar-refractivity contribution < 1.29 is 23.1 Å². The SMILES string of the molecule is CCn1nccc1C1Cc2c(C(=O)O)ccc(S(=O)(=O)CC)c2C(=O)N1C(C)(C)C. The zero-order valence-corrected chi connectivity index (χ0v) is 18.7. The van der Waals surface area contributed by atoms with E-state index in [1.165, 1.54) is 19.1 Å². The first kappa shape index (κ1) is 22.0. The largest absolute Gasteiger partial charge is 0.478 e. The minimum absolute atomic E-state index is 0.0227. The predicted molar refractivity (Wildman–Crippen MR) is 111 cm³/mol. The molecule has 3 rings (SSSR count). The monoisotopic (exact) mass is 433 g/mol. The second-order valence-corrected chi connectivity index (χ2v) is 10.6. The fraction of sp³-hybridized carbons (Fsp3) is 0.476. The molecule has 1 unspecified atom stereocenters. The highest BCUT2D eigenvalue weighted by molar-refractivity contribution is 7.91. The molecule has 0 spiro atoms. The van der Waals surface area contributed by atoms with Gasteiger partial charge in [0.15, 0.2) is 9.84 Å². The molecule has 0 radical (unpaired) electrons. The Morgan fingerprint density at radius 1 is 1.23 bits per heavy atom. The summed E-state index contributed by atoms with van der Waals surface area (Å²) < 4.78 is 27.2. The molecule has 2 aromatic rings. The van der Waals surface area contributed by atoms with Crippen molar-refractivity contribution in [3.63, 3.8) is 0 Å². The number of amides is 1. The molecule has 30 heavy (non-hydrogen) atoms. The number of hydrogen-bond donors (Lipinski definition) is 1. The molecule has 0 bridgehead atoms. The Kier molecular flexibility index (Phi) is 5.53. The zero-order chi connectivity index (χ0) is 22.4. The lowest BCUT2D eigenvalue weighted by molar-refractivity contribution is 0.0374. The van der Waals surface area contributed by atoms with Gasteiger partial charge in [0, 0.05) is 24.7 Å². The van der Waals surface area contributed by atoms with Gasteiger partial charge in [0.2, 0.25) is 0 Å². The first-order valence-electron chi connectivity index (χ1n) is 9.91. The summed E-state index contributed by atoms with van der Waals surface area (Å²) in [7, 11) is -3.73. The summed E-state index contributed by atoms with van der Waals surface area (Å²) in [5.74, 6) is -1.85. The third-order valence-corrected chi connectivity index (χ3v) is 7.25. The van der Waals surface area contributed by atoms with E-state index in [2.05, 4.69) is 5.10 Å². The van der Waals surface area contributed by atoms with Gasteiger partial charge in [-0.3, -0.25) is 9.48 Å². The molecule has 1 N–H and O–H groups in total. The Hall–Kier alpha value is -2.68. The number of fused-ring (bicyclic) bond motifs is 1. The third-order valence-electron chi connectivity index (χ3n) is 5.48. The summed E-state index contributed by atoms with van der Waals surface area (Å²) >= 11 is 0. The molecular formula is C21H27N3O5S. The van der Waals surface area contributed by atoms with E-state index in [1.54, 1.807) is 15.8 Å². The molecule has 1 aromatic heterocycles. The molecule has 1 atom stereocenters. The van der Waals surface area contributed by atoms with Gasteiger partial charge >= 0.3 is 5.97 Å². The highest BCUT2D eigenvalue weighted by Crippen LogP contribution is 2.41. The highest BCUT2D eigenvalue weighted by atomic mass is 32.2. The standard InChI is InChI=1S/C21H27N3O5S/c1-6-23-15(10-11-22-23)16-12-14-13(20(26)27)8-9-17(30(28,29)7-2)18(14)19(25)24(16)21(3,4)5/h8-11,16H,6-7,12H2,1-5H3,(H,26,27). The van der Waals surface area contributed by atoms with Crippen LogP contribution < -0.4 is 0 Å². The van der Waals surface area contributed by atoms with E-state index in [-0.39, 0.29) is 33.8 Å². The third kappa shape index (κ3) is 3.51. The van der Waals surface area contributed by atoms with E-state index in [0.29, 0.717) is 6.54 Å². The van der Waals surface area contributed by atoms with Crippen LogP contribution in [0.2, 0.25) is 0 Å². The zero-order valence-electron chi connectivity index (χ0n) is 17.8. The lowest BCUT2D eigenvalue weighted by atomic mass is 9.85. The average molecular weight is 434 g/mol. The minimum atomic E-state index is -3.73. The number of carbonyl (C=O) groups is 2. The number of rotatable bonds is 5. The molecule has 1 amide bonds. The molecule has 162 valence electrons. The van der Waals surface area contributed by atoms with Crippen LogP contribution in [0.1, 0.15) is 72.6 Å². The van der Waals surface area contributed by atoms with Gasteiger partial charge in [-0.2, -0.15) is 5.10 Å². The van der Waals surface area contributed by atoms with Crippen LogP contribution in [0.3, 0.4) is 0 Å². The number of hydrogen-bond acceptors (Lipinski definition) is 5. The molecule has 1 aliphatic heterocycles. The molecule has 0 aliphatic carbocycles. The van der Waals surface area contributed by atoms with Crippen LogP contribution in [0.15, 0.2) is 29.3 Å². The molecule has 1 aromatic carbocycles. The van der Waals surface area contributed by atoms with E-state index in [4.69, 9.17) is 0 Å². The van der Waals surface area contributed by atoms with Gasteiger partial charge < -0.3 is 10.0 Å². The topological polar surface area (TPSA) is 110 Å². The maximum atomic E-state index is 13.8. The normalized spacial score (nSPS) is 17.2. The van der Waals surface area contributed by atoms with Crippen LogP contribution in [0.4, 0.5) is 0 Å². The molecule has 8 nitrogen and oxygen atoms in total. The number of aromatic carboxylic acids is 1. The molecule has 9 heteroatoms. The molecule has 0 fully saturated rings. The molecule has 0 saturated heterocycles. The van der Waals surface area contributed by atoms with Gasteiger partial charge in [-0.25, -0.2) is 13.2 Å². The fourth-order valence-electron chi connectivity index (χ4n) is 4.13. The Bertz CT molecular complexity index is 1110. The average Bonchev–Trinajstić information content (AvgIpc) is 3.14. The van der Waals surface area contributed by atoms with Gasteiger partial charge in [0.05, 0.1) is 33.5 Å². The van der Waals surface area contributed by atoms with E-state index >= 15 is 0 Å². The Morgan fingerprint density at radius 2 is 1.90 bits per heavy atom. The van der Waals surface area contributed by atoms with Crippen molar-refractivity contribution in [2.75, 3.05) is 5.75 Å². The molecule has 0 saturated carbocycles. The maximum Gasteiger partial charge on any atom is 0.335 e. The van der Waals surface area contributed by atoms with Crippen LogP contribution in [-0.4, -0.2) is 51.4 Å². The van der Waals surface area contributed by atoms with Gasteiger partial charge in [0.1, 0.15) is 0 Å². The predicted octanol–water partition coefficient (Wildman–Crippen LogP) is 2.93. The molecule has 2 heterocycles. The van der Waals surface area contributed by atoms with Crippen molar-refractivity contribution in [1.29, 1.82) is 0 Å². The summed E-state index contributed by atoms with van der Waals surface area (Å²) in [4.78, 5) is 27.2. The summed E-state index contributed by atoms with van der Waals surface area (Å²) in [5.41, 5.74) is 0.345. The van der Waals surface area contributed by atoms with Crippen molar-refractivity contribution in [2.24, 2.45) is 0 Å². The molecule has 1 aliphatic rings. The van der Waals surface area contributed by atoms with Crippen LogP contribution >= 0.6 is 0 Å². The second kappa shape index (κ2) is 7.54. The van der Waals surface area contributed by atoms with Gasteiger partial charge in [-0.05, 0) is 51.5 Å². The summed E-state index contributed by atoms with van der Waals surface area (Å²) in [6.45, 7) is 9.67. The van der Waals surface area contributed by atoms with E-state index in [0.717, 1.165) is 5.69 Å². The number of nitrogens with zero attached hydrogens (tertiary/aromatic N) is 3. The van der Waals surface area contributed by atoms with E-state index < -0.39 is 33.3 Å². The van der Waals surface area contributed by atoms with Crippen molar-refractivity contribution >= 4 is 21.7 Å². The Balaban J connectivity index is 2.36. The second-order valence-electron chi connectivity index (χ2n) is 8.31. The summed E-state index contributed by atoms with van der Waals surface area (Å²) in [6, 6.07) is 3.89. The number of benzene rings is 1. The van der Waals surface area contributed by atoms with Crippen LogP contribution in [0.25, 0.3) is 0 Å². The van der Waals surface area contributed by atoms with Gasteiger partial charge in [-0.15, -0.1) is 0 Å². The number of aryl methyl sites for hydroxylation is 1. The lowest BCUT2D eigenvalue weighted by Gasteiger charge is -2.45. The first-order chi connectivity index (χ1) is 13.9. The van der Waals surface area contributed by atoms with E-state index in [1.807, 2.05) is 33.8 Å². The van der Waals surface area contributed by atoms with Crippen LogP contribution in [0.5, 0.6) is 0 Å². The van der Waals surface area contributed by atoms with Crippen molar-refractivity contribution in [2.45, 2.75) is 64.1 Å². The number of carboxylic acid groups (broad SMARTS) is 1.